The molecule has 37 heavy (non-hydrogen) atoms. The van der Waals surface area contributed by atoms with Crippen molar-refractivity contribution in [1.82, 2.24) is 5.32 Å². The van der Waals surface area contributed by atoms with Crippen LogP contribution in [0.2, 0.25) is 0 Å². The zero-order valence-corrected chi connectivity index (χ0v) is 22.3. The average Bonchev–Trinajstić information content (AvgIpc) is 2.87. The van der Waals surface area contributed by atoms with Gasteiger partial charge in [-0.05, 0) is 72.9 Å². The monoisotopic (exact) mass is 525 g/mol. The summed E-state index contributed by atoms with van der Waals surface area (Å²) < 4.78 is 33.4. The number of sulfonamides is 1. The Balaban J connectivity index is 1.92. The number of hydrogen-bond donors (Lipinski definition) is 1. The number of nitrogens with one attached hydrogen (secondary N) is 1. The van der Waals surface area contributed by atoms with Gasteiger partial charge in [-0.2, -0.15) is 0 Å². The Morgan fingerprint density at radius 3 is 2.19 bits per heavy atom. The van der Waals surface area contributed by atoms with Crippen LogP contribution in [0.3, 0.4) is 0 Å². The number of ether oxygens (including phenoxy) is 1. The number of nitrogens with zero attached hydrogens (tertiary/aromatic N) is 2. The predicted molar refractivity (Wildman–Crippen MR) is 142 cm³/mol. The highest BCUT2D eigenvalue weighted by atomic mass is 32.2. The normalized spacial score (nSPS) is 12.2. The summed E-state index contributed by atoms with van der Waals surface area (Å²) in [7, 11) is -2.52. The molecular formula is C27H31N3O6S. The quantitative estimate of drug-likeness (QED) is 0.290. The molecule has 0 spiro atoms. The maximum absolute atomic E-state index is 13.5. The Morgan fingerprint density at radius 1 is 1.03 bits per heavy atom. The van der Waals surface area contributed by atoms with Crippen LogP contribution < -0.4 is 14.4 Å². The summed E-state index contributed by atoms with van der Waals surface area (Å²) in [4.78, 5) is 23.7. The van der Waals surface area contributed by atoms with Crippen molar-refractivity contribution in [2.24, 2.45) is 0 Å². The van der Waals surface area contributed by atoms with Crippen LogP contribution in [0.15, 0.2) is 71.6 Å². The van der Waals surface area contributed by atoms with Gasteiger partial charge in [-0.25, -0.2) is 8.42 Å². The molecule has 1 atom stereocenters. The number of methoxy groups -OCH3 is 1. The number of carbonyl (C=O) groups is 1. The average molecular weight is 526 g/mol. The first-order valence-electron chi connectivity index (χ1n) is 11.8. The largest absolute Gasteiger partial charge is 0.496 e. The molecule has 1 N–H and O–H groups in total. The lowest BCUT2D eigenvalue weighted by Gasteiger charge is -2.26. The summed E-state index contributed by atoms with van der Waals surface area (Å²) in [6.07, 6.45) is 0. The van der Waals surface area contributed by atoms with Gasteiger partial charge in [-0.1, -0.05) is 32.0 Å². The standard InChI is InChI=1S/C27H31N3O6S/c1-18(2)24-16-25(19(3)15-26(24)36-5)20(4)28-27(31)17-29(21-11-13-22(14-12-21)30(32)33)37(34,35)23-9-7-6-8-10-23/h6-16,18,20H,17H2,1-5H3,(H,28,31). The van der Waals surface area contributed by atoms with Crippen LogP contribution in [0.5, 0.6) is 5.75 Å². The van der Waals surface area contributed by atoms with Crippen LogP contribution in [0.1, 0.15) is 49.4 Å². The molecule has 0 aliphatic rings. The molecule has 3 aromatic carbocycles. The number of amides is 1. The van der Waals surface area contributed by atoms with Gasteiger partial charge in [0.2, 0.25) is 5.91 Å². The Morgan fingerprint density at radius 2 is 1.65 bits per heavy atom. The minimum Gasteiger partial charge on any atom is -0.496 e. The smallest absolute Gasteiger partial charge is 0.269 e. The van der Waals surface area contributed by atoms with Crippen LogP contribution in [-0.4, -0.2) is 32.9 Å². The summed E-state index contributed by atoms with van der Waals surface area (Å²) in [5.41, 5.74) is 2.78. The fraction of sp³-hybridized carbons (Fsp3) is 0.296. The first-order valence-corrected chi connectivity index (χ1v) is 13.2. The molecule has 9 nitrogen and oxygen atoms in total. The number of nitro benzene ring substituents is 1. The molecule has 0 heterocycles. The van der Waals surface area contributed by atoms with Crippen molar-refractivity contribution in [3.8, 4) is 5.75 Å². The molecule has 0 fully saturated rings. The molecular weight excluding hydrogens is 494 g/mol. The van der Waals surface area contributed by atoms with Gasteiger partial charge in [-0.3, -0.25) is 19.2 Å². The lowest BCUT2D eigenvalue weighted by atomic mass is 9.93. The first-order chi connectivity index (χ1) is 17.4. The predicted octanol–water partition coefficient (Wildman–Crippen LogP) is 5.11. The number of rotatable bonds is 10. The third kappa shape index (κ3) is 6.26. The van der Waals surface area contributed by atoms with Crippen molar-refractivity contribution in [2.45, 2.75) is 44.6 Å². The molecule has 0 bridgehead atoms. The van der Waals surface area contributed by atoms with Crippen molar-refractivity contribution in [3.05, 3.63) is 93.5 Å². The van der Waals surface area contributed by atoms with E-state index in [9.17, 15) is 23.3 Å². The molecule has 1 amide bonds. The number of anilines is 1. The molecule has 0 saturated carbocycles. The molecule has 0 aliphatic carbocycles. The lowest BCUT2D eigenvalue weighted by molar-refractivity contribution is -0.384. The third-order valence-electron chi connectivity index (χ3n) is 6.05. The van der Waals surface area contributed by atoms with E-state index in [2.05, 4.69) is 19.2 Å². The van der Waals surface area contributed by atoms with E-state index in [1.165, 1.54) is 36.4 Å². The zero-order chi connectivity index (χ0) is 27.3. The number of nitro groups is 1. The van der Waals surface area contributed by atoms with E-state index < -0.39 is 33.4 Å². The summed E-state index contributed by atoms with van der Waals surface area (Å²) in [6, 6.07) is 16.3. The van der Waals surface area contributed by atoms with E-state index in [-0.39, 0.29) is 22.2 Å². The van der Waals surface area contributed by atoms with E-state index in [1.807, 2.05) is 26.0 Å². The number of hydrogen-bond acceptors (Lipinski definition) is 6. The molecule has 3 aromatic rings. The maximum Gasteiger partial charge on any atom is 0.269 e. The Labute approximate surface area is 217 Å². The van der Waals surface area contributed by atoms with Crippen molar-refractivity contribution < 1.29 is 22.9 Å². The van der Waals surface area contributed by atoms with Gasteiger partial charge in [0.25, 0.3) is 15.7 Å². The molecule has 10 heteroatoms. The maximum atomic E-state index is 13.5. The van der Waals surface area contributed by atoms with Gasteiger partial charge in [0.05, 0.1) is 28.7 Å². The highest BCUT2D eigenvalue weighted by Gasteiger charge is 2.28. The van der Waals surface area contributed by atoms with Crippen LogP contribution in [0.4, 0.5) is 11.4 Å². The Kier molecular flexibility index (Phi) is 8.54. The molecule has 0 aromatic heterocycles. The second kappa shape index (κ2) is 11.4. The Bertz CT molecular complexity index is 1370. The van der Waals surface area contributed by atoms with E-state index in [4.69, 9.17) is 4.74 Å². The van der Waals surface area contributed by atoms with Gasteiger partial charge >= 0.3 is 0 Å². The van der Waals surface area contributed by atoms with Crippen LogP contribution in [-0.2, 0) is 14.8 Å². The topological polar surface area (TPSA) is 119 Å². The number of non-ortho nitro benzene ring substituents is 1. The highest BCUT2D eigenvalue weighted by molar-refractivity contribution is 7.92. The molecule has 196 valence electrons. The highest BCUT2D eigenvalue weighted by Crippen LogP contribution is 2.32. The third-order valence-corrected chi connectivity index (χ3v) is 7.84. The van der Waals surface area contributed by atoms with Crippen LogP contribution in [0, 0.1) is 17.0 Å². The van der Waals surface area contributed by atoms with Crippen molar-refractivity contribution in [2.75, 3.05) is 18.0 Å². The van der Waals surface area contributed by atoms with E-state index in [0.29, 0.717) is 0 Å². The van der Waals surface area contributed by atoms with E-state index in [0.717, 1.165) is 26.7 Å². The minimum atomic E-state index is -4.13. The molecule has 0 radical (unpaired) electrons. The van der Waals surface area contributed by atoms with Gasteiger partial charge in [0, 0.05) is 12.1 Å². The SMILES string of the molecule is COc1cc(C)c(C(C)NC(=O)CN(c2ccc([N+](=O)[O-])cc2)S(=O)(=O)c2ccccc2)cc1C(C)C. The van der Waals surface area contributed by atoms with Gasteiger partial charge in [-0.15, -0.1) is 0 Å². The summed E-state index contributed by atoms with van der Waals surface area (Å²) in [5, 5.41) is 14.0. The van der Waals surface area contributed by atoms with Crippen molar-refractivity contribution in [1.29, 1.82) is 0 Å². The summed E-state index contributed by atoms with van der Waals surface area (Å²) in [6.45, 7) is 7.35. The number of benzene rings is 3. The van der Waals surface area contributed by atoms with Crippen LogP contribution >= 0.6 is 0 Å². The second-order valence-corrected chi connectivity index (χ2v) is 10.9. The van der Waals surface area contributed by atoms with Crippen molar-refractivity contribution in [3.63, 3.8) is 0 Å². The Hall–Kier alpha value is -3.92. The summed E-state index contributed by atoms with van der Waals surface area (Å²) in [5.74, 6) is 0.450. The second-order valence-electron chi connectivity index (χ2n) is 8.99. The van der Waals surface area contributed by atoms with Gasteiger partial charge in [0.15, 0.2) is 0 Å². The molecule has 0 saturated heterocycles. The van der Waals surface area contributed by atoms with Gasteiger partial charge in [0.1, 0.15) is 12.3 Å². The van der Waals surface area contributed by atoms with Gasteiger partial charge < -0.3 is 10.1 Å². The fourth-order valence-corrected chi connectivity index (χ4v) is 5.52. The molecule has 3 rings (SSSR count). The van der Waals surface area contributed by atoms with Crippen molar-refractivity contribution >= 4 is 27.3 Å². The van der Waals surface area contributed by atoms with E-state index >= 15 is 0 Å². The van der Waals surface area contributed by atoms with E-state index in [1.54, 1.807) is 25.3 Å². The molecule has 0 aliphatic heterocycles. The zero-order valence-electron chi connectivity index (χ0n) is 21.5. The minimum absolute atomic E-state index is 0.00164. The summed E-state index contributed by atoms with van der Waals surface area (Å²) >= 11 is 0. The molecule has 1 unspecified atom stereocenters. The fourth-order valence-electron chi connectivity index (χ4n) is 4.08. The van der Waals surface area contributed by atoms with Crippen LogP contribution in [0.25, 0.3) is 0 Å². The lowest BCUT2D eigenvalue weighted by Crippen LogP contribution is -2.41. The number of carbonyl (C=O) groups excluding carboxylic acids is 1. The first kappa shape index (κ1) is 27.7. The number of aryl methyl sites for hydroxylation is 1.